The summed E-state index contributed by atoms with van der Waals surface area (Å²) in [5.74, 6) is -0.260. The number of amides is 1. The Bertz CT molecular complexity index is 770. The molecule has 1 amide bonds. The minimum Gasteiger partial charge on any atom is -0.348 e. The highest BCUT2D eigenvalue weighted by atomic mass is 35.5. The molecule has 3 rings (SSSR count). The van der Waals surface area contributed by atoms with Crippen LogP contribution in [0.2, 0.25) is 0 Å². The van der Waals surface area contributed by atoms with Crippen LogP contribution in [0.15, 0.2) is 30.5 Å². The molecule has 9 heteroatoms. The highest BCUT2D eigenvalue weighted by Crippen LogP contribution is 2.30. The zero-order chi connectivity index (χ0) is 18.0. The van der Waals surface area contributed by atoms with Crippen LogP contribution in [0.3, 0.4) is 0 Å². The molecule has 142 valence electrons. The van der Waals surface area contributed by atoms with Gasteiger partial charge in [0.05, 0.1) is 28.7 Å². The molecular formula is C17H20ClF3N4O. The number of hydrogen-bond acceptors (Lipinski definition) is 3. The van der Waals surface area contributed by atoms with Gasteiger partial charge in [-0.1, -0.05) is 6.07 Å². The summed E-state index contributed by atoms with van der Waals surface area (Å²) in [5.41, 5.74) is 0.383. The molecule has 0 bridgehead atoms. The van der Waals surface area contributed by atoms with Gasteiger partial charge in [-0.15, -0.1) is 12.4 Å². The molecule has 1 aliphatic heterocycles. The molecule has 0 aliphatic carbocycles. The van der Waals surface area contributed by atoms with Crippen molar-refractivity contribution in [3.63, 3.8) is 0 Å². The first kappa shape index (κ1) is 20.3. The van der Waals surface area contributed by atoms with E-state index in [1.165, 1.54) is 23.0 Å². The Morgan fingerprint density at radius 1 is 1.38 bits per heavy atom. The number of alkyl halides is 3. The number of aromatic nitrogens is 2. The number of carbonyl (C=O) groups excluding carboxylic acids is 1. The van der Waals surface area contributed by atoms with E-state index < -0.39 is 11.7 Å². The van der Waals surface area contributed by atoms with E-state index in [1.807, 2.05) is 0 Å². The lowest BCUT2D eigenvalue weighted by Gasteiger charge is -2.23. The topological polar surface area (TPSA) is 59.0 Å². The van der Waals surface area contributed by atoms with Gasteiger partial charge in [-0.25, -0.2) is 4.68 Å². The third kappa shape index (κ3) is 4.37. The fourth-order valence-corrected chi connectivity index (χ4v) is 2.94. The Morgan fingerprint density at radius 2 is 2.15 bits per heavy atom. The highest BCUT2D eigenvalue weighted by Gasteiger charge is 2.30. The fourth-order valence-electron chi connectivity index (χ4n) is 2.94. The van der Waals surface area contributed by atoms with E-state index in [1.54, 1.807) is 6.92 Å². The van der Waals surface area contributed by atoms with Crippen molar-refractivity contribution in [1.29, 1.82) is 0 Å². The molecule has 1 fully saturated rings. The zero-order valence-corrected chi connectivity index (χ0v) is 15.0. The van der Waals surface area contributed by atoms with Gasteiger partial charge in [-0.2, -0.15) is 18.3 Å². The molecule has 2 heterocycles. The lowest BCUT2D eigenvalue weighted by Crippen LogP contribution is -2.45. The van der Waals surface area contributed by atoms with Crippen LogP contribution in [0.4, 0.5) is 13.2 Å². The number of nitrogens with one attached hydrogen (secondary N) is 2. The smallest absolute Gasteiger partial charge is 0.348 e. The molecule has 1 aromatic heterocycles. The van der Waals surface area contributed by atoms with Gasteiger partial charge in [0, 0.05) is 12.6 Å². The summed E-state index contributed by atoms with van der Waals surface area (Å²) < 4.78 is 40.0. The molecular weight excluding hydrogens is 369 g/mol. The van der Waals surface area contributed by atoms with E-state index >= 15 is 0 Å². The van der Waals surface area contributed by atoms with E-state index in [4.69, 9.17) is 0 Å². The molecule has 0 spiro atoms. The van der Waals surface area contributed by atoms with Gasteiger partial charge in [0.2, 0.25) is 0 Å². The average Bonchev–Trinajstić information content (AvgIpc) is 2.97. The van der Waals surface area contributed by atoms with Crippen LogP contribution in [-0.4, -0.2) is 34.8 Å². The molecule has 2 N–H and O–H groups in total. The Hall–Kier alpha value is -2.06. The van der Waals surface area contributed by atoms with Gasteiger partial charge >= 0.3 is 6.18 Å². The lowest BCUT2D eigenvalue weighted by atomic mass is 10.1. The Morgan fingerprint density at radius 3 is 2.81 bits per heavy atom. The van der Waals surface area contributed by atoms with Crippen LogP contribution in [0.25, 0.3) is 5.69 Å². The van der Waals surface area contributed by atoms with Gasteiger partial charge in [0.25, 0.3) is 5.91 Å². The van der Waals surface area contributed by atoms with Crippen LogP contribution < -0.4 is 10.6 Å². The molecule has 1 saturated heterocycles. The van der Waals surface area contributed by atoms with E-state index in [0.717, 1.165) is 31.5 Å². The summed E-state index contributed by atoms with van der Waals surface area (Å²) in [6.07, 6.45) is -1.14. The SMILES string of the molecule is Cc1c(C(=O)N[C@H]2CCCNC2)cnn1-c1cccc(C(F)(F)F)c1.Cl. The number of piperidine rings is 1. The first-order valence-corrected chi connectivity index (χ1v) is 8.10. The number of benzene rings is 1. The predicted molar refractivity (Wildman–Crippen MR) is 93.9 cm³/mol. The van der Waals surface area contributed by atoms with Crippen molar-refractivity contribution in [2.75, 3.05) is 13.1 Å². The summed E-state index contributed by atoms with van der Waals surface area (Å²) in [7, 11) is 0. The molecule has 0 radical (unpaired) electrons. The molecule has 26 heavy (non-hydrogen) atoms. The van der Waals surface area contributed by atoms with Gasteiger partial charge in [-0.3, -0.25) is 4.79 Å². The number of carbonyl (C=O) groups is 1. The second-order valence-corrected chi connectivity index (χ2v) is 6.12. The van der Waals surface area contributed by atoms with Crippen LogP contribution in [0.1, 0.15) is 34.5 Å². The summed E-state index contributed by atoms with van der Waals surface area (Å²) in [5, 5.41) is 10.3. The molecule has 1 aromatic carbocycles. The largest absolute Gasteiger partial charge is 0.416 e. The van der Waals surface area contributed by atoms with E-state index in [-0.39, 0.29) is 30.0 Å². The predicted octanol–water partition coefficient (Wildman–Crippen LogP) is 3.10. The van der Waals surface area contributed by atoms with Crippen molar-refractivity contribution in [2.45, 2.75) is 32.0 Å². The third-order valence-corrected chi connectivity index (χ3v) is 4.30. The summed E-state index contributed by atoms with van der Waals surface area (Å²) in [6, 6.07) is 4.94. The maximum Gasteiger partial charge on any atom is 0.416 e. The maximum absolute atomic E-state index is 12.9. The number of hydrogen-bond donors (Lipinski definition) is 2. The molecule has 1 aliphatic rings. The maximum atomic E-state index is 12.9. The molecule has 2 aromatic rings. The number of rotatable bonds is 3. The second-order valence-electron chi connectivity index (χ2n) is 6.12. The lowest BCUT2D eigenvalue weighted by molar-refractivity contribution is -0.137. The number of halogens is 4. The molecule has 0 saturated carbocycles. The van der Waals surface area contributed by atoms with Crippen LogP contribution in [0, 0.1) is 6.92 Å². The van der Waals surface area contributed by atoms with E-state index in [0.29, 0.717) is 17.8 Å². The molecule has 5 nitrogen and oxygen atoms in total. The molecule has 1 atom stereocenters. The summed E-state index contributed by atoms with van der Waals surface area (Å²) in [4.78, 5) is 12.4. The first-order valence-electron chi connectivity index (χ1n) is 8.10. The minimum absolute atomic E-state index is 0. The van der Waals surface area contributed by atoms with Crippen molar-refractivity contribution in [2.24, 2.45) is 0 Å². The van der Waals surface area contributed by atoms with Gasteiger partial charge < -0.3 is 10.6 Å². The normalized spacial score (nSPS) is 17.5. The van der Waals surface area contributed by atoms with E-state index in [2.05, 4.69) is 15.7 Å². The zero-order valence-electron chi connectivity index (χ0n) is 14.1. The second kappa shape index (κ2) is 8.09. The van der Waals surface area contributed by atoms with Crippen LogP contribution >= 0.6 is 12.4 Å². The Balaban J connectivity index is 0.00000243. The minimum atomic E-state index is -4.43. The highest BCUT2D eigenvalue weighted by molar-refractivity contribution is 5.95. The third-order valence-electron chi connectivity index (χ3n) is 4.30. The summed E-state index contributed by atoms with van der Waals surface area (Å²) in [6.45, 7) is 3.33. The quantitative estimate of drug-likeness (QED) is 0.849. The van der Waals surface area contributed by atoms with Gasteiger partial charge in [0.1, 0.15) is 0 Å². The standard InChI is InChI=1S/C17H19F3N4O.ClH/c1-11-15(16(25)23-13-5-3-7-21-9-13)10-22-24(11)14-6-2-4-12(8-14)17(18,19)20;/h2,4,6,8,10,13,21H,3,5,7,9H2,1H3,(H,23,25);1H/t13-;/m0./s1. The average molecular weight is 389 g/mol. The Kier molecular flexibility index (Phi) is 6.30. The van der Waals surface area contributed by atoms with Crippen LogP contribution in [-0.2, 0) is 6.18 Å². The van der Waals surface area contributed by atoms with Crippen molar-refractivity contribution in [3.05, 3.63) is 47.3 Å². The van der Waals surface area contributed by atoms with Crippen molar-refractivity contribution < 1.29 is 18.0 Å². The fraction of sp³-hybridized carbons (Fsp3) is 0.412. The van der Waals surface area contributed by atoms with E-state index in [9.17, 15) is 18.0 Å². The van der Waals surface area contributed by atoms with Crippen LogP contribution in [0.5, 0.6) is 0 Å². The monoisotopic (exact) mass is 388 g/mol. The van der Waals surface area contributed by atoms with Crippen molar-refractivity contribution in [3.8, 4) is 5.69 Å². The van der Waals surface area contributed by atoms with Gasteiger partial charge in [-0.05, 0) is 44.5 Å². The van der Waals surface area contributed by atoms with Crippen molar-refractivity contribution >= 4 is 18.3 Å². The molecule has 0 unspecified atom stereocenters. The number of nitrogens with zero attached hydrogens (tertiary/aromatic N) is 2. The summed E-state index contributed by atoms with van der Waals surface area (Å²) >= 11 is 0. The Labute approximate surface area is 155 Å². The van der Waals surface area contributed by atoms with Gasteiger partial charge in [0.15, 0.2) is 0 Å². The van der Waals surface area contributed by atoms with Crippen molar-refractivity contribution in [1.82, 2.24) is 20.4 Å². The first-order chi connectivity index (χ1) is 11.9.